The standard InChI is InChI=1S/C13H18BrNO/c1-2-16-9-8-15-7-6-12-11(10-15)4-3-5-13(12)14/h3-5H,2,6-10H2,1H3. The van der Waals surface area contributed by atoms with Gasteiger partial charge >= 0.3 is 0 Å². The minimum Gasteiger partial charge on any atom is -0.380 e. The fourth-order valence-electron chi connectivity index (χ4n) is 2.15. The summed E-state index contributed by atoms with van der Waals surface area (Å²) in [5.74, 6) is 0. The van der Waals surface area contributed by atoms with Crippen LogP contribution < -0.4 is 0 Å². The van der Waals surface area contributed by atoms with E-state index in [0.29, 0.717) is 0 Å². The fraction of sp³-hybridized carbons (Fsp3) is 0.538. The fourth-order valence-corrected chi connectivity index (χ4v) is 2.76. The van der Waals surface area contributed by atoms with Gasteiger partial charge in [0.1, 0.15) is 0 Å². The molecular weight excluding hydrogens is 266 g/mol. The van der Waals surface area contributed by atoms with Crippen LogP contribution in [0.3, 0.4) is 0 Å². The van der Waals surface area contributed by atoms with E-state index in [-0.39, 0.29) is 0 Å². The molecule has 0 unspecified atom stereocenters. The van der Waals surface area contributed by atoms with E-state index in [2.05, 4.69) is 39.0 Å². The summed E-state index contributed by atoms with van der Waals surface area (Å²) in [7, 11) is 0. The van der Waals surface area contributed by atoms with Gasteiger partial charge in [0.05, 0.1) is 6.61 Å². The van der Waals surface area contributed by atoms with E-state index < -0.39 is 0 Å². The number of fused-ring (bicyclic) bond motifs is 1. The van der Waals surface area contributed by atoms with Gasteiger partial charge in [0.2, 0.25) is 0 Å². The lowest BCUT2D eigenvalue weighted by Gasteiger charge is -2.29. The summed E-state index contributed by atoms with van der Waals surface area (Å²) < 4.78 is 6.66. The van der Waals surface area contributed by atoms with Gasteiger partial charge < -0.3 is 4.74 Å². The van der Waals surface area contributed by atoms with Crippen LogP contribution in [0.5, 0.6) is 0 Å². The first-order valence-corrected chi connectivity index (χ1v) is 6.67. The van der Waals surface area contributed by atoms with Crippen LogP contribution in [0.25, 0.3) is 0 Å². The number of ether oxygens (including phenoxy) is 1. The first-order chi connectivity index (χ1) is 7.81. The highest BCUT2D eigenvalue weighted by atomic mass is 79.9. The van der Waals surface area contributed by atoms with Crippen molar-refractivity contribution in [3.63, 3.8) is 0 Å². The Morgan fingerprint density at radius 2 is 2.31 bits per heavy atom. The third kappa shape index (κ3) is 2.84. The Hall–Kier alpha value is -0.380. The van der Waals surface area contributed by atoms with Crippen LogP contribution in [-0.4, -0.2) is 31.2 Å². The largest absolute Gasteiger partial charge is 0.380 e. The van der Waals surface area contributed by atoms with Crippen LogP contribution in [-0.2, 0) is 17.7 Å². The normalized spacial score (nSPS) is 16.1. The molecule has 1 aliphatic rings. The molecule has 0 atom stereocenters. The van der Waals surface area contributed by atoms with Crippen LogP contribution in [0.1, 0.15) is 18.1 Å². The summed E-state index contributed by atoms with van der Waals surface area (Å²) in [6.45, 7) is 6.95. The first-order valence-electron chi connectivity index (χ1n) is 5.87. The van der Waals surface area contributed by atoms with E-state index in [4.69, 9.17) is 4.74 Å². The Balaban J connectivity index is 1.96. The third-order valence-corrected chi connectivity index (χ3v) is 3.79. The van der Waals surface area contributed by atoms with Gasteiger partial charge in [-0.05, 0) is 30.5 Å². The molecule has 0 spiro atoms. The van der Waals surface area contributed by atoms with Crippen LogP contribution >= 0.6 is 15.9 Å². The van der Waals surface area contributed by atoms with Crippen LogP contribution in [0.2, 0.25) is 0 Å². The van der Waals surface area contributed by atoms with Gasteiger partial charge in [-0.3, -0.25) is 4.90 Å². The average molecular weight is 284 g/mol. The van der Waals surface area contributed by atoms with Gasteiger partial charge in [-0.15, -0.1) is 0 Å². The molecule has 1 aliphatic heterocycles. The van der Waals surface area contributed by atoms with Gasteiger partial charge in [0, 0.05) is 30.7 Å². The molecule has 0 saturated carbocycles. The van der Waals surface area contributed by atoms with Crippen LogP contribution in [0, 0.1) is 0 Å². The maximum Gasteiger partial charge on any atom is 0.0593 e. The second-order valence-electron chi connectivity index (χ2n) is 4.10. The van der Waals surface area contributed by atoms with E-state index >= 15 is 0 Å². The lowest BCUT2D eigenvalue weighted by atomic mass is 10.00. The Morgan fingerprint density at radius 1 is 1.44 bits per heavy atom. The Bertz CT molecular complexity index is 354. The summed E-state index contributed by atoms with van der Waals surface area (Å²) in [5, 5.41) is 0. The monoisotopic (exact) mass is 283 g/mol. The SMILES string of the molecule is CCOCCN1CCc2c(Br)cccc2C1. The van der Waals surface area contributed by atoms with Gasteiger partial charge in [0.15, 0.2) is 0 Å². The second-order valence-corrected chi connectivity index (χ2v) is 4.95. The molecule has 1 heterocycles. The van der Waals surface area contributed by atoms with Crippen molar-refractivity contribution >= 4 is 15.9 Å². The number of halogens is 1. The summed E-state index contributed by atoms with van der Waals surface area (Å²) in [4.78, 5) is 2.46. The summed E-state index contributed by atoms with van der Waals surface area (Å²) >= 11 is 3.62. The highest BCUT2D eigenvalue weighted by Crippen LogP contribution is 2.25. The van der Waals surface area contributed by atoms with E-state index in [0.717, 1.165) is 39.3 Å². The topological polar surface area (TPSA) is 12.5 Å². The molecule has 0 aromatic heterocycles. The lowest BCUT2D eigenvalue weighted by Crippen LogP contribution is -2.33. The van der Waals surface area contributed by atoms with Crippen LogP contribution in [0.4, 0.5) is 0 Å². The number of hydrogen-bond acceptors (Lipinski definition) is 2. The number of hydrogen-bond donors (Lipinski definition) is 0. The maximum atomic E-state index is 5.40. The molecule has 0 fully saturated rings. The molecule has 1 aromatic rings. The quantitative estimate of drug-likeness (QED) is 0.788. The van der Waals surface area contributed by atoms with E-state index in [1.807, 2.05) is 6.92 Å². The predicted octanol–water partition coefficient (Wildman–Crippen LogP) is 2.84. The van der Waals surface area contributed by atoms with Crippen molar-refractivity contribution in [2.75, 3.05) is 26.3 Å². The Labute approximate surface area is 106 Å². The molecule has 0 radical (unpaired) electrons. The molecule has 2 nitrogen and oxygen atoms in total. The van der Waals surface area contributed by atoms with Gasteiger partial charge in [-0.25, -0.2) is 0 Å². The molecule has 2 rings (SSSR count). The number of benzene rings is 1. The van der Waals surface area contributed by atoms with Crippen molar-refractivity contribution in [2.24, 2.45) is 0 Å². The second kappa shape index (κ2) is 5.80. The molecular formula is C13H18BrNO. The summed E-state index contributed by atoms with van der Waals surface area (Å²) in [6, 6.07) is 6.48. The van der Waals surface area contributed by atoms with E-state index in [9.17, 15) is 0 Å². The van der Waals surface area contributed by atoms with Crippen molar-refractivity contribution in [2.45, 2.75) is 19.9 Å². The predicted molar refractivity (Wildman–Crippen MR) is 69.6 cm³/mol. The van der Waals surface area contributed by atoms with Crippen LogP contribution in [0.15, 0.2) is 22.7 Å². The molecule has 1 aromatic carbocycles. The van der Waals surface area contributed by atoms with Gasteiger partial charge in [0.25, 0.3) is 0 Å². The zero-order valence-corrected chi connectivity index (χ0v) is 11.3. The van der Waals surface area contributed by atoms with Crippen molar-refractivity contribution in [3.8, 4) is 0 Å². The van der Waals surface area contributed by atoms with Crippen molar-refractivity contribution in [3.05, 3.63) is 33.8 Å². The van der Waals surface area contributed by atoms with Gasteiger partial charge in [-0.2, -0.15) is 0 Å². The molecule has 16 heavy (non-hydrogen) atoms. The minimum absolute atomic E-state index is 0.815. The zero-order valence-electron chi connectivity index (χ0n) is 9.71. The summed E-state index contributed by atoms with van der Waals surface area (Å²) in [5.41, 5.74) is 2.94. The van der Waals surface area contributed by atoms with E-state index in [1.54, 1.807) is 0 Å². The summed E-state index contributed by atoms with van der Waals surface area (Å²) in [6.07, 6.45) is 1.14. The minimum atomic E-state index is 0.815. The van der Waals surface area contributed by atoms with Gasteiger partial charge in [-0.1, -0.05) is 28.1 Å². The Morgan fingerprint density at radius 3 is 3.12 bits per heavy atom. The Kier molecular flexibility index (Phi) is 4.38. The molecule has 0 aliphatic carbocycles. The number of rotatable bonds is 4. The number of nitrogens with zero attached hydrogens (tertiary/aromatic N) is 1. The zero-order chi connectivity index (χ0) is 11.4. The van der Waals surface area contributed by atoms with Crippen molar-refractivity contribution in [1.82, 2.24) is 4.90 Å². The molecule has 0 saturated heterocycles. The van der Waals surface area contributed by atoms with E-state index in [1.165, 1.54) is 15.6 Å². The molecule has 0 amide bonds. The highest BCUT2D eigenvalue weighted by molar-refractivity contribution is 9.10. The first kappa shape index (κ1) is 12.1. The van der Waals surface area contributed by atoms with Crippen molar-refractivity contribution in [1.29, 1.82) is 0 Å². The molecule has 0 bridgehead atoms. The van der Waals surface area contributed by atoms with Crippen molar-refractivity contribution < 1.29 is 4.74 Å². The average Bonchev–Trinajstić information content (AvgIpc) is 2.30. The molecule has 88 valence electrons. The lowest BCUT2D eigenvalue weighted by molar-refractivity contribution is 0.108. The maximum absolute atomic E-state index is 5.40. The smallest absolute Gasteiger partial charge is 0.0593 e. The molecule has 3 heteroatoms. The molecule has 0 N–H and O–H groups in total. The third-order valence-electron chi connectivity index (χ3n) is 3.04. The highest BCUT2D eigenvalue weighted by Gasteiger charge is 2.17.